The van der Waals surface area contributed by atoms with Crippen LogP contribution in [0.15, 0.2) is 114 Å². The van der Waals surface area contributed by atoms with E-state index in [2.05, 4.69) is 35.9 Å². The highest BCUT2D eigenvalue weighted by Gasteiger charge is 2.33. The highest BCUT2D eigenvalue weighted by atomic mass is 35.5. The van der Waals surface area contributed by atoms with Crippen molar-refractivity contribution in [1.29, 1.82) is 0 Å². The SMILES string of the molecule is Cc1ccc(CCCN(Cl)C(c2ccccc2)C(NS(=O)(=O)c2ccc(C)cc2)c2ccccc2)cc1. The number of rotatable bonds is 11. The van der Waals surface area contributed by atoms with Gasteiger partial charge in [0.15, 0.2) is 0 Å². The van der Waals surface area contributed by atoms with Gasteiger partial charge in [-0.15, -0.1) is 0 Å². The number of aryl methyl sites for hydroxylation is 3. The van der Waals surface area contributed by atoms with Crippen LogP contribution in [0.25, 0.3) is 0 Å². The zero-order valence-corrected chi connectivity index (χ0v) is 22.8. The fourth-order valence-corrected chi connectivity index (χ4v) is 6.00. The summed E-state index contributed by atoms with van der Waals surface area (Å²) in [6.45, 7) is 4.60. The minimum atomic E-state index is -3.81. The fourth-order valence-electron chi connectivity index (χ4n) is 4.42. The average molecular weight is 533 g/mol. The summed E-state index contributed by atoms with van der Waals surface area (Å²) in [5.41, 5.74) is 5.27. The van der Waals surface area contributed by atoms with E-state index in [9.17, 15) is 8.42 Å². The van der Waals surface area contributed by atoms with Crippen LogP contribution in [0.5, 0.6) is 0 Å². The molecule has 37 heavy (non-hydrogen) atoms. The van der Waals surface area contributed by atoms with Crippen molar-refractivity contribution in [3.8, 4) is 0 Å². The molecule has 0 saturated carbocycles. The second-order valence-corrected chi connectivity index (χ2v) is 11.5. The molecule has 4 aromatic carbocycles. The molecule has 0 radical (unpaired) electrons. The summed E-state index contributed by atoms with van der Waals surface area (Å²) in [7, 11) is -3.81. The minimum absolute atomic E-state index is 0.228. The van der Waals surface area contributed by atoms with Gasteiger partial charge in [-0.3, -0.25) is 0 Å². The van der Waals surface area contributed by atoms with Crippen LogP contribution in [0.4, 0.5) is 0 Å². The maximum atomic E-state index is 13.5. The lowest BCUT2D eigenvalue weighted by Crippen LogP contribution is -2.38. The van der Waals surface area contributed by atoms with Crippen molar-refractivity contribution in [2.24, 2.45) is 0 Å². The summed E-state index contributed by atoms with van der Waals surface area (Å²) < 4.78 is 31.8. The van der Waals surface area contributed by atoms with E-state index in [1.54, 1.807) is 28.7 Å². The van der Waals surface area contributed by atoms with Gasteiger partial charge in [-0.2, -0.15) is 0 Å². The Morgan fingerprint density at radius 1 is 0.730 bits per heavy atom. The van der Waals surface area contributed by atoms with Crippen molar-refractivity contribution in [3.63, 3.8) is 0 Å². The fraction of sp³-hybridized carbons (Fsp3) is 0.226. The topological polar surface area (TPSA) is 49.4 Å². The molecular weight excluding hydrogens is 500 g/mol. The summed E-state index contributed by atoms with van der Waals surface area (Å²) in [6, 6.07) is 33.9. The normalized spacial score (nSPS) is 13.4. The van der Waals surface area contributed by atoms with Crippen molar-refractivity contribution in [2.45, 2.75) is 43.7 Å². The van der Waals surface area contributed by atoms with Gasteiger partial charge < -0.3 is 0 Å². The smallest absolute Gasteiger partial charge is 0.211 e. The number of halogens is 1. The molecule has 6 heteroatoms. The van der Waals surface area contributed by atoms with E-state index >= 15 is 0 Å². The van der Waals surface area contributed by atoms with E-state index < -0.39 is 22.1 Å². The Balaban J connectivity index is 1.65. The maximum absolute atomic E-state index is 13.5. The zero-order chi connectivity index (χ0) is 26.3. The Morgan fingerprint density at radius 2 is 1.24 bits per heavy atom. The van der Waals surface area contributed by atoms with Gasteiger partial charge in [0.2, 0.25) is 10.0 Å². The predicted octanol–water partition coefficient (Wildman–Crippen LogP) is 7.15. The van der Waals surface area contributed by atoms with Crippen molar-refractivity contribution in [2.75, 3.05) is 6.54 Å². The van der Waals surface area contributed by atoms with Crippen molar-refractivity contribution in [3.05, 3.63) is 137 Å². The first-order valence-corrected chi connectivity index (χ1v) is 14.3. The third kappa shape index (κ3) is 7.30. The predicted molar refractivity (Wildman–Crippen MR) is 152 cm³/mol. The second kappa shape index (κ2) is 12.5. The van der Waals surface area contributed by atoms with Gasteiger partial charge in [-0.1, -0.05) is 108 Å². The van der Waals surface area contributed by atoms with E-state index in [1.807, 2.05) is 67.6 Å². The van der Waals surface area contributed by atoms with Crippen molar-refractivity contribution >= 4 is 21.8 Å². The molecule has 1 N–H and O–H groups in total. The van der Waals surface area contributed by atoms with Crippen LogP contribution < -0.4 is 4.72 Å². The Hall–Kier alpha value is -2.96. The van der Waals surface area contributed by atoms with Crippen LogP contribution in [0.2, 0.25) is 0 Å². The molecule has 4 rings (SSSR count). The van der Waals surface area contributed by atoms with E-state index in [1.165, 1.54) is 11.1 Å². The Labute approximate surface area is 226 Å². The lowest BCUT2D eigenvalue weighted by molar-refractivity contribution is 0.284. The summed E-state index contributed by atoms with van der Waals surface area (Å²) in [5, 5.41) is 0. The van der Waals surface area contributed by atoms with Crippen LogP contribution in [-0.2, 0) is 16.4 Å². The monoisotopic (exact) mass is 532 g/mol. The highest BCUT2D eigenvalue weighted by molar-refractivity contribution is 7.89. The van der Waals surface area contributed by atoms with Crippen LogP contribution in [-0.4, -0.2) is 19.4 Å². The highest BCUT2D eigenvalue weighted by Crippen LogP contribution is 2.37. The molecule has 0 amide bonds. The Morgan fingerprint density at radius 3 is 1.81 bits per heavy atom. The Bertz CT molecular complexity index is 1360. The molecule has 0 heterocycles. The molecule has 0 bridgehead atoms. The quantitative estimate of drug-likeness (QED) is 0.209. The van der Waals surface area contributed by atoms with E-state index in [4.69, 9.17) is 11.8 Å². The van der Waals surface area contributed by atoms with Crippen molar-refractivity contribution < 1.29 is 8.42 Å². The van der Waals surface area contributed by atoms with Crippen LogP contribution >= 0.6 is 11.8 Å². The van der Waals surface area contributed by atoms with E-state index in [-0.39, 0.29) is 4.90 Å². The molecule has 0 fully saturated rings. The first kappa shape index (κ1) is 27.1. The number of benzene rings is 4. The number of nitrogens with zero attached hydrogens (tertiary/aromatic N) is 1. The molecule has 0 aliphatic carbocycles. The van der Waals surface area contributed by atoms with E-state index in [0.717, 1.165) is 29.5 Å². The summed E-state index contributed by atoms with van der Waals surface area (Å²) in [4.78, 5) is 0.228. The molecule has 0 saturated heterocycles. The largest absolute Gasteiger partial charge is 0.241 e. The van der Waals surface area contributed by atoms with Gasteiger partial charge in [0, 0.05) is 6.54 Å². The maximum Gasteiger partial charge on any atom is 0.241 e. The standard InChI is InChI=1S/C31H33ClN2O2S/c1-24-15-19-26(20-16-24)10-9-23-34(32)31(28-13-7-4-8-14-28)30(27-11-5-3-6-12-27)33-37(35,36)29-21-17-25(2)18-22-29/h3-8,11-22,30-31,33H,9-10,23H2,1-2H3. The molecule has 2 unspecified atom stereocenters. The molecule has 0 aliphatic rings. The molecule has 192 valence electrons. The third-order valence-electron chi connectivity index (χ3n) is 6.49. The first-order valence-electron chi connectivity index (χ1n) is 12.5. The van der Waals surface area contributed by atoms with Gasteiger partial charge >= 0.3 is 0 Å². The number of hydrogen-bond acceptors (Lipinski definition) is 3. The van der Waals surface area contributed by atoms with Crippen LogP contribution in [0, 0.1) is 13.8 Å². The first-order chi connectivity index (χ1) is 17.8. The van der Waals surface area contributed by atoms with Gasteiger partial charge in [0.1, 0.15) is 0 Å². The van der Waals surface area contributed by atoms with Gasteiger partial charge in [0.25, 0.3) is 0 Å². The second-order valence-electron chi connectivity index (χ2n) is 9.39. The van der Waals surface area contributed by atoms with E-state index in [0.29, 0.717) is 6.54 Å². The van der Waals surface area contributed by atoms with Gasteiger partial charge in [-0.05, 0) is 67.3 Å². The molecule has 0 aliphatic heterocycles. The number of nitrogens with one attached hydrogen (secondary N) is 1. The number of hydrogen-bond donors (Lipinski definition) is 1. The molecule has 4 aromatic rings. The summed E-state index contributed by atoms with van der Waals surface area (Å²) in [6.07, 6.45) is 1.72. The molecule has 2 atom stereocenters. The van der Waals surface area contributed by atoms with Gasteiger partial charge in [-0.25, -0.2) is 17.6 Å². The third-order valence-corrected chi connectivity index (χ3v) is 8.32. The minimum Gasteiger partial charge on any atom is -0.211 e. The molecule has 4 nitrogen and oxygen atoms in total. The van der Waals surface area contributed by atoms with Crippen molar-refractivity contribution in [1.82, 2.24) is 9.14 Å². The van der Waals surface area contributed by atoms with Crippen LogP contribution in [0.3, 0.4) is 0 Å². The molecular formula is C31H33ClN2O2S. The Kier molecular flexibility index (Phi) is 9.17. The average Bonchev–Trinajstić information content (AvgIpc) is 2.91. The molecule has 0 spiro atoms. The van der Waals surface area contributed by atoms with Gasteiger partial charge in [0.05, 0.1) is 17.0 Å². The zero-order valence-electron chi connectivity index (χ0n) is 21.2. The summed E-state index contributed by atoms with van der Waals surface area (Å²) >= 11 is 7.01. The summed E-state index contributed by atoms with van der Waals surface area (Å²) in [5.74, 6) is 0. The number of sulfonamides is 1. The van der Waals surface area contributed by atoms with Crippen LogP contribution in [0.1, 0.15) is 46.3 Å². The molecule has 0 aromatic heterocycles. The lowest BCUT2D eigenvalue weighted by atomic mass is 9.93. The lowest BCUT2D eigenvalue weighted by Gasteiger charge is -2.34.